The maximum Gasteiger partial charge on any atom is 0.338 e. The minimum atomic E-state index is -0.982. The van der Waals surface area contributed by atoms with Crippen molar-refractivity contribution in [3.8, 4) is 0 Å². The van der Waals surface area contributed by atoms with E-state index in [1.807, 2.05) is 17.8 Å². The van der Waals surface area contributed by atoms with Crippen molar-refractivity contribution in [3.63, 3.8) is 0 Å². The highest BCUT2D eigenvalue weighted by Crippen LogP contribution is 2.28. The third-order valence-electron chi connectivity index (χ3n) is 1.99. The molecule has 0 aromatic carbocycles. The minimum absolute atomic E-state index is 0.190. The van der Waals surface area contributed by atoms with Crippen LogP contribution in [0.2, 0.25) is 0 Å². The van der Waals surface area contributed by atoms with Crippen LogP contribution in [0.5, 0.6) is 0 Å². The van der Waals surface area contributed by atoms with Gasteiger partial charge in [0.2, 0.25) is 0 Å². The largest absolute Gasteiger partial charge is 0.478 e. The number of nitrogens with zero attached hydrogens (tertiary/aromatic N) is 3. The Kier molecular flexibility index (Phi) is 2.91. The number of rotatable bonds is 3. The van der Waals surface area contributed by atoms with Crippen molar-refractivity contribution in [2.75, 3.05) is 0 Å². The van der Waals surface area contributed by atoms with Crippen LogP contribution in [0.1, 0.15) is 10.4 Å². The Balaban J connectivity index is 2.35. The van der Waals surface area contributed by atoms with Gasteiger partial charge in [0, 0.05) is 36.7 Å². The zero-order valence-corrected chi connectivity index (χ0v) is 9.31. The predicted octanol–water partition coefficient (Wildman–Crippen LogP) is 1.66. The first-order chi connectivity index (χ1) is 7.68. The Labute approximate surface area is 96.2 Å². The molecule has 82 valence electrons. The van der Waals surface area contributed by atoms with E-state index in [1.54, 1.807) is 18.5 Å². The summed E-state index contributed by atoms with van der Waals surface area (Å²) < 4.78 is 1.83. The SMILES string of the molecule is Cn1ccnc1Sc1ccncc1C(=O)O. The molecule has 2 heterocycles. The van der Waals surface area contributed by atoms with Crippen molar-refractivity contribution in [1.82, 2.24) is 14.5 Å². The molecule has 0 spiro atoms. The second-order valence-corrected chi connectivity index (χ2v) is 4.11. The zero-order chi connectivity index (χ0) is 11.5. The number of aryl methyl sites for hydroxylation is 1. The number of aromatic carboxylic acids is 1. The first-order valence-electron chi connectivity index (χ1n) is 4.51. The summed E-state index contributed by atoms with van der Waals surface area (Å²) in [5.74, 6) is -0.982. The molecule has 2 aromatic heterocycles. The van der Waals surface area contributed by atoms with Crippen molar-refractivity contribution in [1.29, 1.82) is 0 Å². The van der Waals surface area contributed by atoms with E-state index >= 15 is 0 Å². The maximum absolute atomic E-state index is 11.0. The van der Waals surface area contributed by atoms with Gasteiger partial charge >= 0.3 is 5.97 Å². The molecule has 0 amide bonds. The van der Waals surface area contributed by atoms with Crippen LogP contribution in [0.3, 0.4) is 0 Å². The molecule has 0 aliphatic rings. The Bertz CT molecular complexity index is 524. The summed E-state index contributed by atoms with van der Waals surface area (Å²) >= 11 is 1.31. The second-order valence-electron chi connectivity index (χ2n) is 3.10. The maximum atomic E-state index is 11.0. The molecule has 0 atom stereocenters. The summed E-state index contributed by atoms with van der Waals surface area (Å²) in [6, 6.07) is 1.67. The van der Waals surface area contributed by atoms with Crippen LogP contribution < -0.4 is 0 Å². The number of aromatic nitrogens is 3. The van der Waals surface area contributed by atoms with Crippen molar-refractivity contribution >= 4 is 17.7 Å². The fraction of sp³-hybridized carbons (Fsp3) is 0.100. The second kappa shape index (κ2) is 4.36. The van der Waals surface area contributed by atoms with Gasteiger partial charge in [-0.1, -0.05) is 11.8 Å². The first-order valence-corrected chi connectivity index (χ1v) is 5.32. The molecule has 2 aromatic rings. The van der Waals surface area contributed by atoms with Gasteiger partial charge in [0.1, 0.15) is 0 Å². The van der Waals surface area contributed by atoms with Gasteiger partial charge in [-0.05, 0) is 6.07 Å². The van der Waals surface area contributed by atoms with Gasteiger partial charge in [0.15, 0.2) is 5.16 Å². The number of hydrogen-bond donors (Lipinski definition) is 1. The average Bonchev–Trinajstić information content (AvgIpc) is 2.65. The third kappa shape index (κ3) is 2.06. The highest BCUT2D eigenvalue weighted by atomic mass is 32.2. The lowest BCUT2D eigenvalue weighted by molar-refractivity contribution is 0.0692. The number of hydrogen-bond acceptors (Lipinski definition) is 4. The summed E-state index contributed by atoms with van der Waals surface area (Å²) in [6.45, 7) is 0. The monoisotopic (exact) mass is 235 g/mol. The molecule has 6 heteroatoms. The van der Waals surface area contributed by atoms with Crippen molar-refractivity contribution in [2.24, 2.45) is 7.05 Å². The highest BCUT2D eigenvalue weighted by Gasteiger charge is 2.12. The fourth-order valence-electron chi connectivity index (χ4n) is 1.18. The number of carbonyl (C=O) groups is 1. The Morgan fingerprint density at radius 2 is 2.31 bits per heavy atom. The topological polar surface area (TPSA) is 68.0 Å². The van der Waals surface area contributed by atoms with Gasteiger partial charge in [-0.15, -0.1) is 0 Å². The van der Waals surface area contributed by atoms with E-state index in [-0.39, 0.29) is 5.56 Å². The predicted molar refractivity (Wildman–Crippen MR) is 58.5 cm³/mol. The van der Waals surface area contributed by atoms with Crippen LogP contribution in [0, 0.1) is 0 Å². The summed E-state index contributed by atoms with van der Waals surface area (Å²) in [6.07, 6.45) is 6.39. The first kappa shape index (κ1) is 10.7. The molecule has 0 unspecified atom stereocenters. The lowest BCUT2D eigenvalue weighted by atomic mass is 10.3. The molecular weight excluding hydrogens is 226 g/mol. The number of imidazole rings is 1. The lowest BCUT2D eigenvalue weighted by Crippen LogP contribution is -2.00. The van der Waals surface area contributed by atoms with E-state index in [9.17, 15) is 4.79 Å². The molecule has 0 fully saturated rings. The summed E-state index contributed by atoms with van der Waals surface area (Å²) in [7, 11) is 1.86. The highest BCUT2D eigenvalue weighted by molar-refractivity contribution is 7.99. The van der Waals surface area contributed by atoms with Crippen LogP contribution in [-0.2, 0) is 7.05 Å². The molecule has 0 aliphatic heterocycles. The van der Waals surface area contributed by atoms with Crippen LogP contribution in [-0.4, -0.2) is 25.6 Å². The molecule has 2 rings (SSSR count). The van der Waals surface area contributed by atoms with Gasteiger partial charge < -0.3 is 9.67 Å². The quantitative estimate of drug-likeness (QED) is 0.876. The number of carboxylic acid groups (broad SMARTS) is 1. The number of carboxylic acids is 1. The molecular formula is C10H9N3O2S. The lowest BCUT2D eigenvalue weighted by Gasteiger charge is -2.04. The Morgan fingerprint density at radius 1 is 1.50 bits per heavy atom. The van der Waals surface area contributed by atoms with Gasteiger partial charge in [0.25, 0.3) is 0 Å². The van der Waals surface area contributed by atoms with E-state index in [2.05, 4.69) is 9.97 Å². The van der Waals surface area contributed by atoms with Crippen molar-refractivity contribution in [3.05, 3.63) is 36.4 Å². The van der Waals surface area contributed by atoms with Gasteiger partial charge in [-0.3, -0.25) is 4.98 Å². The Hall–Kier alpha value is -1.82. The molecule has 0 aliphatic carbocycles. The third-order valence-corrected chi connectivity index (χ3v) is 3.14. The molecule has 0 bridgehead atoms. The van der Waals surface area contributed by atoms with E-state index < -0.39 is 5.97 Å². The smallest absolute Gasteiger partial charge is 0.338 e. The molecule has 5 nitrogen and oxygen atoms in total. The number of pyridine rings is 1. The summed E-state index contributed by atoms with van der Waals surface area (Å²) in [5, 5.41) is 9.73. The summed E-state index contributed by atoms with van der Waals surface area (Å²) in [5.41, 5.74) is 0.190. The van der Waals surface area contributed by atoms with Gasteiger partial charge in [-0.2, -0.15) is 0 Å². The van der Waals surface area contributed by atoms with E-state index in [4.69, 9.17) is 5.11 Å². The van der Waals surface area contributed by atoms with Crippen LogP contribution >= 0.6 is 11.8 Å². The average molecular weight is 235 g/mol. The Morgan fingerprint density at radius 3 is 2.94 bits per heavy atom. The van der Waals surface area contributed by atoms with E-state index in [1.165, 1.54) is 18.0 Å². The van der Waals surface area contributed by atoms with E-state index in [0.29, 0.717) is 4.90 Å². The molecule has 0 radical (unpaired) electrons. The normalized spacial score (nSPS) is 10.3. The van der Waals surface area contributed by atoms with Crippen LogP contribution in [0.4, 0.5) is 0 Å². The van der Waals surface area contributed by atoms with Crippen LogP contribution in [0.25, 0.3) is 0 Å². The molecule has 0 saturated carbocycles. The van der Waals surface area contributed by atoms with E-state index in [0.717, 1.165) is 5.16 Å². The standard InChI is InChI=1S/C10H9N3O2S/c1-13-5-4-12-10(13)16-8-2-3-11-6-7(8)9(14)15/h2-6H,1H3,(H,14,15). The van der Waals surface area contributed by atoms with Gasteiger partial charge in [0.05, 0.1) is 5.56 Å². The van der Waals surface area contributed by atoms with Crippen LogP contribution in [0.15, 0.2) is 40.9 Å². The van der Waals surface area contributed by atoms with Crippen molar-refractivity contribution < 1.29 is 9.90 Å². The van der Waals surface area contributed by atoms with Crippen molar-refractivity contribution in [2.45, 2.75) is 10.1 Å². The molecule has 0 saturated heterocycles. The van der Waals surface area contributed by atoms with Gasteiger partial charge in [-0.25, -0.2) is 9.78 Å². The molecule has 1 N–H and O–H groups in total. The zero-order valence-electron chi connectivity index (χ0n) is 8.49. The molecule has 16 heavy (non-hydrogen) atoms. The fourth-order valence-corrected chi connectivity index (χ4v) is 2.07. The summed E-state index contributed by atoms with van der Waals surface area (Å²) in [4.78, 5) is 19.5. The minimum Gasteiger partial charge on any atom is -0.478 e.